The van der Waals surface area contributed by atoms with Crippen LogP contribution in [0.1, 0.15) is 32.6 Å². The molecule has 0 aromatic carbocycles. The van der Waals surface area contributed by atoms with Crippen LogP contribution in [-0.4, -0.2) is 37.1 Å². The molecule has 0 aliphatic carbocycles. The fraction of sp³-hybridized carbons (Fsp3) is 0.909. The van der Waals surface area contributed by atoms with Crippen LogP contribution in [0.25, 0.3) is 0 Å². The summed E-state index contributed by atoms with van der Waals surface area (Å²) in [6.45, 7) is 4.09. The average Bonchev–Trinajstić information content (AvgIpc) is 2.63. The zero-order chi connectivity index (χ0) is 10.2. The van der Waals surface area contributed by atoms with Crippen molar-refractivity contribution in [2.45, 2.75) is 38.6 Å². The molecule has 0 bridgehead atoms. The van der Waals surface area contributed by atoms with Crippen LogP contribution in [-0.2, 0) is 9.53 Å². The van der Waals surface area contributed by atoms with Crippen LogP contribution in [0.5, 0.6) is 0 Å². The van der Waals surface area contributed by atoms with Crippen molar-refractivity contribution >= 4 is 5.97 Å². The van der Waals surface area contributed by atoms with Crippen LogP contribution in [0.3, 0.4) is 0 Å². The van der Waals surface area contributed by atoms with Gasteiger partial charge < -0.3 is 4.74 Å². The van der Waals surface area contributed by atoms with E-state index in [4.69, 9.17) is 4.74 Å². The van der Waals surface area contributed by atoms with E-state index in [2.05, 4.69) is 4.90 Å². The number of ether oxygens (including phenoxy) is 1. The number of hydrogen-bond donors (Lipinski definition) is 0. The first-order valence-electron chi connectivity index (χ1n) is 5.48. The number of esters is 1. The van der Waals surface area contributed by atoms with Gasteiger partial charge in [0.2, 0.25) is 0 Å². The van der Waals surface area contributed by atoms with E-state index < -0.39 is 0 Å². The van der Waals surface area contributed by atoms with Crippen LogP contribution in [0.4, 0.5) is 0 Å². The van der Waals surface area contributed by atoms with Crippen LogP contribution < -0.4 is 0 Å². The molecule has 0 amide bonds. The molecule has 3 nitrogen and oxygen atoms in total. The largest absolute Gasteiger partial charge is 0.469 e. The highest BCUT2D eigenvalue weighted by Crippen LogP contribution is 2.37. The van der Waals surface area contributed by atoms with Gasteiger partial charge in [-0.25, -0.2) is 0 Å². The number of fused-ring (bicyclic) bond motifs is 1. The third kappa shape index (κ3) is 1.54. The van der Waals surface area contributed by atoms with Crippen molar-refractivity contribution in [2.75, 3.05) is 20.2 Å². The van der Waals surface area contributed by atoms with Gasteiger partial charge in [-0.1, -0.05) is 0 Å². The fourth-order valence-corrected chi connectivity index (χ4v) is 2.86. The molecule has 2 saturated heterocycles. The van der Waals surface area contributed by atoms with Gasteiger partial charge in [-0.2, -0.15) is 0 Å². The van der Waals surface area contributed by atoms with E-state index in [1.54, 1.807) is 0 Å². The molecule has 0 radical (unpaired) electrons. The lowest BCUT2D eigenvalue weighted by Gasteiger charge is -2.40. The smallest absolute Gasteiger partial charge is 0.312 e. The molecule has 2 aliphatic rings. The fourth-order valence-electron chi connectivity index (χ4n) is 2.86. The highest BCUT2D eigenvalue weighted by Gasteiger charge is 2.43. The zero-order valence-corrected chi connectivity index (χ0v) is 9.08. The summed E-state index contributed by atoms with van der Waals surface area (Å²) in [6, 6.07) is 0.743. The van der Waals surface area contributed by atoms with Gasteiger partial charge in [-0.15, -0.1) is 0 Å². The Bertz CT molecular complexity index is 241. The number of hydrogen-bond acceptors (Lipinski definition) is 3. The van der Waals surface area contributed by atoms with E-state index in [-0.39, 0.29) is 11.4 Å². The quantitative estimate of drug-likeness (QED) is 0.595. The minimum Gasteiger partial charge on any atom is -0.469 e. The lowest BCUT2D eigenvalue weighted by Crippen LogP contribution is -2.48. The second-order valence-electron chi connectivity index (χ2n) is 4.86. The normalized spacial score (nSPS) is 38.0. The molecule has 3 heteroatoms. The van der Waals surface area contributed by atoms with Crippen molar-refractivity contribution in [3.63, 3.8) is 0 Å². The summed E-state index contributed by atoms with van der Waals surface area (Å²) in [7, 11) is 1.49. The molecule has 2 atom stereocenters. The van der Waals surface area contributed by atoms with Gasteiger partial charge in [0.15, 0.2) is 0 Å². The summed E-state index contributed by atoms with van der Waals surface area (Å²) in [6.07, 6.45) is 4.76. The molecule has 2 unspecified atom stereocenters. The number of carbonyl (C=O) groups is 1. The monoisotopic (exact) mass is 197 g/mol. The average molecular weight is 197 g/mol. The van der Waals surface area contributed by atoms with Crippen molar-refractivity contribution in [2.24, 2.45) is 5.41 Å². The van der Waals surface area contributed by atoms with Gasteiger partial charge in [0.1, 0.15) is 0 Å². The van der Waals surface area contributed by atoms with Crippen LogP contribution in [0.2, 0.25) is 0 Å². The maximum atomic E-state index is 11.6. The second-order valence-corrected chi connectivity index (χ2v) is 4.86. The van der Waals surface area contributed by atoms with Crippen LogP contribution in [0, 0.1) is 5.41 Å². The van der Waals surface area contributed by atoms with Crippen molar-refractivity contribution in [3.05, 3.63) is 0 Å². The van der Waals surface area contributed by atoms with Gasteiger partial charge >= 0.3 is 5.97 Å². The lowest BCUT2D eigenvalue weighted by atomic mass is 9.80. The van der Waals surface area contributed by atoms with Crippen LogP contribution in [0.15, 0.2) is 0 Å². The Morgan fingerprint density at radius 3 is 3.00 bits per heavy atom. The van der Waals surface area contributed by atoms with Crippen molar-refractivity contribution in [3.8, 4) is 0 Å². The standard InChI is InChI=1S/C11H19NO2/c1-11(10(13)14-2)6-5-9-4-3-7-12(9)8-11/h9H,3-8H2,1-2H3. The number of nitrogens with zero attached hydrogens (tertiary/aromatic N) is 1. The van der Waals surface area contributed by atoms with Gasteiger partial charge in [0.25, 0.3) is 0 Å². The maximum absolute atomic E-state index is 11.6. The molecule has 14 heavy (non-hydrogen) atoms. The molecule has 0 aromatic rings. The summed E-state index contributed by atoms with van der Waals surface area (Å²) in [5.41, 5.74) is -0.254. The summed E-state index contributed by atoms with van der Waals surface area (Å²) < 4.78 is 4.88. The van der Waals surface area contributed by atoms with Gasteiger partial charge in [-0.3, -0.25) is 9.69 Å². The molecule has 2 fully saturated rings. The first kappa shape index (κ1) is 9.97. The second kappa shape index (κ2) is 3.54. The Hall–Kier alpha value is -0.570. The molecule has 0 saturated carbocycles. The third-order valence-corrected chi connectivity index (χ3v) is 3.76. The summed E-state index contributed by atoms with van der Waals surface area (Å²) in [5, 5.41) is 0. The molecular formula is C11H19NO2. The minimum atomic E-state index is -0.254. The van der Waals surface area contributed by atoms with E-state index in [0.29, 0.717) is 0 Å². The number of carbonyl (C=O) groups excluding carboxylic acids is 1. The molecule has 0 aromatic heterocycles. The molecule has 2 aliphatic heterocycles. The summed E-state index contributed by atoms with van der Waals surface area (Å²) >= 11 is 0. The molecule has 0 spiro atoms. The predicted octanol–water partition coefficient (Wildman–Crippen LogP) is 1.42. The number of rotatable bonds is 1. The van der Waals surface area contributed by atoms with E-state index in [1.165, 1.54) is 20.0 Å². The Kier molecular flexibility index (Phi) is 2.52. The van der Waals surface area contributed by atoms with Crippen molar-refractivity contribution in [1.82, 2.24) is 4.90 Å². The van der Waals surface area contributed by atoms with Crippen molar-refractivity contribution < 1.29 is 9.53 Å². The Balaban J connectivity index is 2.06. The highest BCUT2D eigenvalue weighted by atomic mass is 16.5. The molecule has 2 heterocycles. The van der Waals surface area contributed by atoms with E-state index >= 15 is 0 Å². The van der Waals surface area contributed by atoms with Crippen molar-refractivity contribution in [1.29, 1.82) is 0 Å². The van der Waals surface area contributed by atoms with Gasteiger partial charge in [0, 0.05) is 12.6 Å². The highest BCUT2D eigenvalue weighted by molar-refractivity contribution is 5.76. The molecule has 80 valence electrons. The molecule has 0 N–H and O–H groups in total. The number of methoxy groups -OCH3 is 1. The topological polar surface area (TPSA) is 29.5 Å². The van der Waals surface area contributed by atoms with E-state index in [1.807, 2.05) is 6.92 Å². The first-order chi connectivity index (χ1) is 6.65. The SMILES string of the molecule is COC(=O)C1(C)CCC2CCCN2C1. The maximum Gasteiger partial charge on any atom is 0.312 e. The summed E-state index contributed by atoms with van der Waals surface area (Å²) in [4.78, 5) is 14.1. The third-order valence-electron chi connectivity index (χ3n) is 3.76. The van der Waals surface area contributed by atoms with Crippen LogP contribution >= 0.6 is 0 Å². The van der Waals surface area contributed by atoms with Gasteiger partial charge in [0.05, 0.1) is 12.5 Å². The molecule has 2 rings (SSSR count). The first-order valence-corrected chi connectivity index (χ1v) is 5.48. The molecular weight excluding hydrogens is 178 g/mol. The van der Waals surface area contributed by atoms with E-state index in [9.17, 15) is 4.79 Å². The lowest BCUT2D eigenvalue weighted by molar-refractivity contribution is -0.155. The summed E-state index contributed by atoms with van der Waals surface area (Å²) in [5.74, 6) is -0.0390. The Morgan fingerprint density at radius 1 is 1.50 bits per heavy atom. The van der Waals surface area contributed by atoms with Gasteiger partial charge in [-0.05, 0) is 39.2 Å². The minimum absolute atomic E-state index is 0.0390. The predicted molar refractivity (Wildman–Crippen MR) is 54.0 cm³/mol. The Labute approximate surface area is 85.4 Å². The van der Waals surface area contributed by atoms with E-state index in [0.717, 1.165) is 32.0 Å². The zero-order valence-electron chi connectivity index (χ0n) is 9.08. The Morgan fingerprint density at radius 2 is 2.29 bits per heavy atom. The number of piperidine rings is 1.